The average molecular weight is 539 g/mol. The van der Waals surface area contributed by atoms with Crippen LogP contribution in [0.25, 0.3) is 0 Å². The van der Waals surface area contributed by atoms with E-state index >= 15 is 0 Å². The lowest BCUT2D eigenvalue weighted by molar-refractivity contribution is -0.254. The van der Waals surface area contributed by atoms with Crippen molar-refractivity contribution < 1.29 is 18.7 Å². The largest absolute Gasteiger partial charge is 0.459 e. The Morgan fingerprint density at radius 2 is 1.81 bits per heavy atom. The summed E-state index contributed by atoms with van der Waals surface area (Å²) in [7, 11) is -2.02. The summed E-state index contributed by atoms with van der Waals surface area (Å²) in [6, 6.07) is 10.7. The first-order valence-corrected chi connectivity index (χ1v) is 18.2. The monoisotopic (exact) mass is 538 g/mol. The van der Waals surface area contributed by atoms with Crippen LogP contribution in [0.1, 0.15) is 53.9 Å². The number of thioether (sulfide) groups is 1. The molecule has 3 aliphatic carbocycles. The lowest BCUT2D eigenvalue weighted by atomic mass is 9.46. The maximum absolute atomic E-state index is 13.8. The molecule has 0 aromatic heterocycles. The molecule has 3 saturated heterocycles. The van der Waals surface area contributed by atoms with Gasteiger partial charge in [0.05, 0.1) is 28.5 Å². The normalized spacial score (nSPS) is 47.5. The number of esters is 1. The second kappa shape index (κ2) is 7.77. The minimum Gasteiger partial charge on any atom is -0.459 e. The van der Waals surface area contributed by atoms with E-state index in [0.29, 0.717) is 28.9 Å². The van der Waals surface area contributed by atoms with Gasteiger partial charge in [-0.05, 0) is 73.9 Å². The minimum absolute atomic E-state index is 0.00308. The highest BCUT2D eigenvalue weighted by atomic mass is 32.2. The van der Waals surface area contributed by atoms with Gasteiger partial charge in [0.15, 0.2) is 8.32 Å². The van der Waals surface area contributed by atoms with Gasteiger partial charge in [-0.2, -0.15) is 0 Å². The molecular formula is C31H42O4SSi. The molecular weight excluding hydrogens is 496 g/mol. The van der Waals surface area contributed by atoms with Crippen LogP contribution in [0.3, 0.4) is 0 Å². The molecule has 37 heavy (non-hydrogen) atoms. The lowest BCUT2D eigenvalue weighted by Crippen LogP contribution is -2.71. The van der Waals surface area contributed by atoms with E-state index in [1.807, 2.05) is 11.8 Å². The first-order valence-electron chi connectivity index (χ1n) is 14.4. The van der Waals surface area contributed by atoms with Crippen molar-refractivity contribution in [1.29, 1.82) is 0 Å². The molecule has 6 fully saturated rings. The second-order valence-corrected chi connectivity index (χ2v) is 20.4. The molecule has 1 unspecified atom stereocenters. The smallest absolute Gasteiger partial charge is 0.313 e. The fourth-order valence-electron chi connectivity index (χ4n) is 9.30. The molecule has 11 atom stereocenters. The van der Waals surface area contributed by atoms with Crippen LogP contribution in [0.15, 0.2) is 46.9 Å². The summed E-state index contributed by atoms with van der Waals surface area (Å²) in [5.41, 5.74) is 0.722. The van der Waals surface area contributed by atoms with Crippen LogP contribution in [0.4, 0.5) is 0 Å². The van der Waals surface area contributed by atoms with E-state index in [2.05, 4.69) is 84.1 Å². The van der Waals surface area contributed by atoms with Gasteiger partial charge in [0.25, 0.3) is 0 Å². The van der Waals surface area contributed by atoms with Crippen molar-refractivity contribution in [2.75, 3.05) is 0 Å². The first-order chi connectivity index (χ1) is 17.4. The topological polar surface area (TPSA) is 44.8 Å². The Morgan fingerprint density at radius 1 is 1.08 bits per heavy atom. The van der Waals surface area contributed by atoms with Crippen molar-refractivity contribution in [3.8, 4) is 0 Å². The lowest BCUT2D eigenvalue weighted by Gasteiger charge is -2.63. The summed E-state index contributed by atoms with van der Waals surface area (Å²) in [6.07, 6.45) is 5.53. The van der Waals surface area contributed by atoms with Crippen LogP contribution >= 0.6 is 11.8 Å². The molecule has 3 saturated carbocycles. The molecule has 8 rings (SSSR count). The second-order valence-electron chi connectivity index (χ2n) is 14.4. The van der Waals surface area contributed by atoms with Gasteiger partial charge in [-0.25, -0.2) is 0 Å². The molecule has 4 aliphatic heterocycles. The molecule has 4 heterocycles. The van der Waals surface area contributed by atoms with E-state index in [1.54, 1.807) is 0 Å². The standard InChI is InChI=1S/C31H42O4SSi/c1-17-15-22(36-19-11-9-8-10-12-19)26-20-13-14-30-18(2)25(35-37(6,7)29(3,4)5)27(33-28(30)32)21-16-31(17,34-26)24(20)23(21)30/h8-12,15,18,20-27H,13-14,16H2,1-7H3/t18-,20+,21+,22?,23+,24+,25-,26+,27-,30-,31+/m1/s1. The summed E-state index contributed by atoms with van der Waals surface area (Å²) in [4.78, 5) is 15.1. The van der Waals surface area contributed by atoms with Crippen molar-refractivity contribution in [3.05, 3.63) is 42.0 Å². The minimum atomic E-state index is -2.02. The van der Waals surface area contributed by atoms with Gasteiger partial charge in [-0.3, -0.25) is 4.79 Å². The predicted octanol–water partition coefficient (Wildman–Crippen LogP) is 6.86. The van der Waals surface area contributed by atoms with Crippen molar-refractivity contribution >= 4 is 26.0 Å². The molecule has 2 spiro atoms. The summed E-state index contributed by atoms with van der Waals surface area (Å²) in [6.45, 7) is 16.2. The molecule has 0 amide bonds. The van der Waals surface area contributed by atoms with Gasteiger partial charge in [-0.1, -0.05) is 52.0 Å². The number of hydrogen-bond donors (Lipinski definition) is 0. The fraction of sp³-hybridized carbons (Fsp3) is 0.710. The number of hydrogen-bond acceptors (Lipinski definition) is 5. The van der Waals surface area contributed by atoms with E-state index in [-0.39, 0.29) is 40.8 Å². The summed E-state index contributed by atoms with van der Waals surface area (Å²) in [5.74, 6) is 1.86. The predicted molar refractivity (Wildman–Crippen MR) is 149 cm³/mol. The number of ether oxygens (including phenoxy) is 2. The van der Waals surface area contributed by atoms with E-state index in [0.717, 1.165) is 19.3 Å². The maximum Gasteiger partial charge on any atom is 0.313 e. The molecule has 7 aliphatic rings. The summed E-state index contributed by atoms with van der Waals surface area (Å²) in [5, 5.41) is 0.452. The maximum atomic E-state index is 13.8. The van der Waals surface area contributed by atoms with Gasteiger partial charge >= 0.3 is 5.97 Å². The summed E-state index contributed by atoms with van der Waals surface area (Å²) < 4.78 is 20.7. The molecule has 1 aromatic rings. The first kappa shape index (κ1) is 24.9. The number of fused-ring (bicyclic) bond motifs is 4. The highest BCUT2D eigenvalue weighted by molar-refractivity contribution is 8.00. The van der Waals surface area contributed by atoms with E-state index in [9.17, 15) is 4.79 Å². The van der Waals surface area contributed by atoms with Gasteiger partial charge in [0.1, 0.15) is 6.10 Å². The third-order valence-corrected chi connectivity index (χ3v) is 17.7. The van der Waals surface area contributed by atoms with Crippen molar-refractivity contribution in [3.63, 3.8) is 0 Å². The third-order valence-electron chi connectivity index (χ3n) is 12.0. The molecule has 0 N–H and O–H groups in total. The van der Waals surface area contributed by atoms with Gasteiger partial charge < -0.3 is 13.9 Å². The van der Waals surface area contributed by atoms with Crippen LogP contribution in [0.5, 0.6) is 0 Å². The fourth-order valence-corrected chi connectivity index (χ4v) is 12.0. The Bertz CT molecular complexity index is 1160. The van der Waals surface area contributed by atoms with E-state index < -0.39 is 13.7 Å². The molecule has 6 heteroatoms. The number of rotatable bonds is 4. The molecule has 200 valence electrons. The number of carbonyl (C=O) groups is 1. The Balaban J connectivity index is 1.27. The highest BCUT2D eigenvalue weighted by Gasteiger charge is 2.80. The third kappa shape index (κ3) is 3.08. The molecule has 4 bridgehead atoms. The van der Waals surface area contributed by atoms with Crippen LogP contribution < -0.4 is 0 Å². The van der Waals surface area contributed by atoms with Gasteiger partial charge in [0, 0.05) is 22.6 Å². The average Bonchev–Trinajstić information content (AvgIpc) is 3.33. The zero-order valence-electron chi connectivity index (χ0n) is 23.3. The van der Waals surface area contributed by atoms with Gasteiger partial charge in [-0.15, -0.1) is 11.8 Å². The SMILES string of the molecule is CC1=CC(Sc2ccccc2)[C@H]2O[C@@]13C[C@@H]1[C@H]4OC(=O)[C@]5(CC[C@H]2[C@H]3[C@H]15)[C@H](C)[C@H]4O[Si](C)(C)C(C)(C)C. The van der Waals surface area contributed by atoms with Crippen molar-refractivity contribution in [2.45, 2.75) is 106 Å². The van der Waals surface area contributed by atoms with Crippen LogP contribution in [0, 0.1) is 35.0 Å². The summed E-state index contributed by atoms with van der Waals surface area (Å²) >= 11 is 1.94. The quantitative estimate of drug-likeness (QED) is 0.238. The van der Waals surface area contributed by atoms with E-state index in [1.165, 1.54) is 10.5 Å². The molecule has 1 aromatic carbocycles. The Labute approximate surface area is 227 Å². The Kier molecular flexibility index (Phi) is 5.23. The van der Waals surface area contributed by atoms with Crippen molar-refractivity contribution in [1.82, 2.24) is 0 Å². The zero-order chi connectivity index (χ0) is 26.1. The highest BCUT2D eigenvalue weighted by Crippen LogP contribution is 2.75. The van der Waals surface area contributed by atoms with Crippen LogP contribution in [-0.2, 0) is 18.7 Å². The van der Waals surface area contributed by atoms with Gasteiger partial charge in [0.2, 0.25) is 0 Å². The van der Waals surface area contributed by atoms with E-state index in [4.69, 9.17) is 13.9 Å². The molecule has 4 nitrogen and oxygen atoms in total. The van der Waals surface area contributed by atoms with Crippen LogP contribution in [-0.4, -0.2) is 43.4 Å². The van der Waals surface area contributed by atoms with Crippen molar-refractivity contribution in [2.24, 2.45) is 35.0 Å². The zero-order valence-corrected chi connectivity index (χ0v) is 25.1. The Hall–Kier alpha value is -1.08. The number of carbonyl (C=O) groups excluding carboxylic acids is 1. The Morgan fingerprint density at radius 3 is 2.51 bits per heavy atom. The number of benzene rings is 1. The molecule has 0 radical (unpaired) electrons. The van der Waals surface area contributed by atoms with Crippen LogP contribution in [0.2, 0.25) is 18.1 Å².